The molecule has 2 rings (SSSR count). The third-order valence-electron chi connectivity index (χ3n) is 3.44. The Morgan fingerprint density at radius 2 is 1.92 bits per heavy atom. The van der Waals surface area contributed by atoms with E-state index in [-0.39, 0.29) is 24.0 Å². The number of ether oxygens (including phenoxy) is 2. The molecule has 6 nitrogen and oxygen atoms in total. The van der Waals surface area contributed by atoms with Crippen molar-refractivity contribution in [1.29, 1.82) is 5.26 Å². The number of aromatic nitrogens is 1. The molecule has 0 N–H and O–H groups in total. The van der Waals surface area contributed by atoms with E-state index in [2.05, 4.69) is 4.98 Å². The van der Waals surface area contributed by atoms with E-state index < -0.39 is 9.84 Å². The molecule has 0 amide bonds. The second-order valence-corrected chi connectivity index (χ2v) is 7.17. The van der Waals surface area contributed by atoms with Crippen molar-refractivity contribution in [2.24, 2.45) is 0 Å². The fourth-order valence-corrected chi connectivity index (χ4v) is 3.23. The molecule has 1 heterocycles. The lowest BCUT2D eigenvalue weighted by atomic mass is 9.95. The fraction of sp³-hybridized carbons (Fsp3) is 0.294. The zero-order valence-corrected chi connectivity index (χ0v) is 14.6. The van der Waals surface area contributed by atoms with Gasteiger partial charge >= 0.3 is 0 Å². The molecule has 0 unspecified atom stereocenters. The lowest BCUT2D eigenvalue weighted by molar-refractivity contribution is -0.0391. The highest BCUT2D eigenvalue weighted by molar-refractivity contribution is 7.90. The van der Waals surface area contributed by atoms with Crippen molar-refractivity contribution in [2.45, 2.75) is 18.6 Å². The monoisotopic (exact) mass is 346 g/mol. The van der Waals surface area contributed by atoms with Crippen LogP contribution in [0, 0.1) is 18.3 Å². The molecule has 24 heavy (non-hydrogen) atoms. The van der Waals surface area contributed by atoms with Gasteiger partial charge in [0.05, 0.1) is 12.2 Å². The summed E-state index contributed by atoms with van der Waals surface area (Å²) >= 11 is 0. The molecule has 1 aromatic heterocycles. The van der Waals surface area contributed by atoms with Gasteiger partial charge in [-0.1, -0.05) is 30.3 Å². The number of rotatable bonds is 6. The summed E-state index contributed by atoms with van der Waals surface area (Å²) in [5.41, 5.74) is 2.47. The van der Waals surface area contributed by atoms with Gasteiger partial charge in [0.15, 0.2) is 14.9 Å². The summed E-state index contributed by atoms with van der Waals surface area (Å²) in [6.45, 7) is 1.95. The van der Waals surface area contributed by atoms with Crippen LogP contribution in [0.2, 0.25) is 0 Å². The lowest BCUT2D eigenvalue weighted by Crippen LogP contribution is -2.11. The maximum absolute atomic E-state index is 12.1. The Balaban J connectivity index is 2.79. The van der Waals surface area contributed by atoms with Gasteiger partial charge in [0.1, 0.15) is 12.9 Å². The molecule has 0 aliphatic rings. The highest BCUT2D eigenvalue weighted by Gasteiger charge is 2.24. The van der Waals surface area contributed by atoms with Crippen molar-refractivity contribution in [1.82, 2.24) is 4.98 Å². The van der Waals surface area contributed by atoms with Crippen LogP contribution < -0.4 is 0 Å². The molecule has 0 aliphatic carbocycles. The maximum atomic E-state index is 12.1. The SMILES string of the molecule is COCOCc1c(C)nc(S(C)(=O)=O)c(C#N)c1-c1ccccc1. The molecular weight excluding hydrogens is 328 g/mol. The topological polar surface area (TPSA) is 89.3 Å². The number of sulfone groups is 1. The summed E-state index contributed by atoms with van der Waals surface area (Å²) in [6, 6.07) is 11.1. The van der Waals surface area contributed by atoms with Crippen molar-refractivity contribution in [3.63, 3.8) is 0 Å². The Bertz CT molecular complexity index is 872. The quantitative estimate of drug-likeness (QED) is 0.589. The maximum Gasteiger partial charge on any atom is 0.194 e. The average Bonchev–Trinajstić information content (AvgIpc) is 2.55. The van der Waals surface area contributed by atoms with Crippen LogP contribution in [0.5, 0.6) is 0 Å². The Kier molecular flexibility index (Phi) is 5.67. The van der Waals surface area contributed by atoms with Crippen LogP contribution in [0.25, 0.3) is 11.1 Å². The number of aryl methyl sites for hydroxylation is 1. The molecule has 0 fully saturated rings. The molecular formula is C17H18N2O4S. The number of methoxy groups -OCH3 is 1. The third kappa shape index (κ3) is 3.79. The lowest BCUT2D eigenvalue weighted by Gasteiger charge is -2.16. The molecule has 0 saturated carbocycles. The highest BCUT2D eigenvalue weighted by Crippen LogP contribution is 2.33. The minimum absolute atomic E-state index is 0.0327. The van der Waals surface area contributed by atoms with E-state index >= 15 is 0 Å². The van der Waals surface area contributed by atoms with E-state index in [0.717, 1.165) is 11.8 Å². The van der Waals surface area contributed by atoms with Crippen LogP contribution >= 0.6 is 0 Å². The predicted molar refractivity (Wildman–Crippen MR) is 88.9 cm³/mol. The van der Waals surface area contributed by atoms with E-state index in [0.29, 0.717) is 16.8 Å². The van der Waals surface area contributed by atoms with Crippen molar-refractivity contribution >= 4 is 9.84 Å². The molecule has 1 aromatic carbocycles. The number of hydrogen-bond donors (Lipinski definition) is 0. The van der Waals surface area contributed by atoms with Crippen molar-refractivity contribution in [3.8, 4) is 17.2 Å². The number of nitriles is 1. The number of benzene rings is 1. The molecule has 126 valence electrons. The Morgan fingerprint density at radius 3 is 2.46 bits per heavy atom. The summed E-state index contributed by atoms with van der Waals surface area (Å²) in [4.78, 5) is 4.15. The first-order valence-corrected chi connectivity index (χ1v) is 9.05. The van der Waals surface area contributed by atoms with E-state index in [1.807, 2.05) is 36.4 Å². The third-order valence-corrected chi connectivity index (χ3v) is 4.44. The normalized spacial score (nSPS) is 11.2. The minimum Gasteiger partial charge on any atom is -0.359 e. The smallest absolute Gasteiger partial charge is 0.194 e. The molecule has 0 aliphatic heterocycles. The largest absolute Gasteiger partial charge is 0.359 e. The van der Waals surface area contributed by atoms with Gasteiger partial charge in [0.25, 0.3) is 0 Å². The molecule has 0 atom stereocenters. The van der Waals surface area contributed by atoms with Gasteiger partial charge in [0, 0.05) is 30.2 Å². The van der Waals surface area contributed by atoms with Crippen molar-refractivity contribution < 1.29 is 17.9 Å². The molecule has 0 bridgehead atoms. The van der Waals surface area contributed by atoms with Gasteiger partial charge in [-0.15, -0.1) is 0 Å². The van der Waals surface area contributed by atoms with Gasteiger partial charge in [-0.05, 0) is 12.5 Å². The zero-order valence-electron chi connectivity index (χ0n) is 13.7. The van der Waals surface area contributed by atoms with Gasteiger partial charge in [-0.2, -0.15) is 5.26 Å². The molecule has 7 heteroatoms. The molecule has 0 radical (unpaired) electrons. The van der Waals surface area contributed by atoms with Gasteiger partial charge in [-0.3, -0.25) is 0 Å². The molecule has 2 aromatic rings. The van der Waals surface area contributed by atoms with E-state index in [4.69, 9.17) is 9.47 Å². The first-order chi connectivity index (χ1) is 11.4. The van der Waals surface area contributed by atoms with Crippen LogP contribution in [-0.2, 0) is 25.9 Å². The number of pyridine rings is 1. The Hall–Kier alpha value is -2.27. The Labute approximate surface area is 141 Å². The summed E-state index contributed by atoms with van der Waals surface area (Å²) < 4.78 is 34.4. The number of nitrogens with zero attached hydrogens (tertiary/aromatic N) is 2. The van der Waals surface area contributed by atoms with Gasteiger partial charge in [0.2, 0.25) is 0 Å². The van der Waals surface area contributed by atoms with Crippen molar-refractivity contribution in [3.05, 3.63) is 47.2 Å². The van der Waals surface area contributed by atoms with Crippen LogP contribution in [-0.4, -0.2) is 33.6 Å². The first kappa shape index (κ1) is 18.1. The van der Waals surface area contributed by atoms with Crippen LogP contribution in [0.4, 0.5) is 0 Å². The molecule has 0 spiro atoms. The second kappa shape index (κ2) is 7.53. The van der Waals surface area contributed by atoms with E-state index in [1.165, 1.54) is 7.11 Å². The summed E-state index contributed by atoms with van der Waals surface area (Å²) in [5.74, 6) is 0. The van der Waals surface area contributed by atoms with Crippen LogP contribution in [0.3, 0.4) is 0 Å². The zero-order chi connectivity index (χ0) is 17.7. The summed E-state index contributed by atoms with van der Waals surface area (Å²) in [6.07, 6.45) is 1.05. The van der Waals surface area contributed by atoms with Gasteiger partial charge in [-0.25, -0.2) is 13.4 Å². The van der Waals surface area contributed by atoms with E-state index in [9.17, 15) is 13.7 Å². The summed E-state index contributed by atoms with van der Waals surface area (Å²) in [5, 5.41) is 9.38. The summed E-state index contributed by atoms with van der Waals surface area (Å²) in [7, 11) is -2.13. The second-order valence-electron chi connectivity index (χ2n) is 5.24. The number of hydrogen-bond acceptors (Lipinski definition) is 6. The first-order valence-electron chi connectivity index (χ1n) is 7.16. The fourth-order valence-electron chi connectivity index (χ4n) is 2.41. The van der Waals surface area contributed by atoms with Crippen LogP contribution in [0.1, 0.15) is 16.8 Å². The predicted octanol–water partition coefficient (Wildman–Crippen LogP) is 2.45. The van der Waals surface area contributed by atoms with Gasteiger partial charge < -0.3 is 9.47 Å². The Morgan fingerprint density at radius 1 is 1.25 bits per heavy atom. The minimum atomic E-state index is -3.64. The standard InChI is InChI=1S/C17H18N2O4S/c1-12-15(10-23-11-22-2)16(13-7-5-4-6-8-13)14(9-18)17(19-12)24(3,20)21/h4-8H,10-11H2,1-3H3. The molecule has 0 saturated heterocycles. The van der Waals surface area contributed by atoms with E-state index in [1.54, 1.807) is 6.92 Å². The van der Waals surface area contributed by atoms with Crippen molar-refractivity contribution in [2.75, 3.05) is 20.2 Å². The van der Waals surface area contributed by atoms with Crippen LogP contribution in [0.15, 0.2) is 35.4 Å². The highest BCUT2D eigenvalue weighted by atomic mass is 32.2. The average molecular weight is 346 g/mol.